The Hall–Kier alpha value is -2.95. The van der Waals surface area contributed by atoms with E-state index in [4.69, 9.17) is 0 Å². The van der Waals surface area contributed by atoms with Crippen molar-refractivity contribution in [2.24, 2.45) is 23.7 Å². The van der Waals surface area contributed by atoms with E-state index in [9.17, 15) is 14.4 Å². The summed E-state index contributed by atoms with van der Waals surface area (Å²) in [5.74, 6) is -0.331. The molecular formula is C25H26N2O3. The summed E-state index contributed by atoms with van der Waals surface area (Å²) in [5.41, 5.74) is 1.93. The third-order valence-corrected chi connectivity index (χ3v) is 7.16. The van der Waals surface area contributed by atoms with E-state index in [1.807, 2.05) is 60.7 Å². The van der Waals surface area contributed by atoms with E-state index in [0.717, 1.165) is 30.4 Å². The Kier molecular flexibility index (Phi) is 4.89. The number of carbonyl (C=O) groups excluding carboxylic acids is 3. The van der Waals surface area contributed by atoms with Gasteiger partial charge in [-0.3, -0.25) is 19.3 Å². The molecule has 154 valence electrons. The number of imide groups is 1. The smallest absolute Gasteiger partial charge is 0.243 e. The maximum atomic E-state index is 13.3. The molecule has 1 heterocycles. The molecule has 2 saturated carbocycles. The number of fused-ring (bicyclic) bond motifs is 5. The van der Waals surface area contributed by atoms with Gasteiger partial charge in [0.15, 0.2) is 0 Å². The number of amides is 3. The molecule has 30 heavy (non-hydrogen) atoms. The first-order valence-electron chi connectivity index (χ1n) is 10.9. The Labute approximate surface area is 176 Å². The molecule has 1 saturated heterocycles. The summed E-state index contributed by atoms with van der Waals surface area (Å²) in [5, 5.41) is 2.96. The van der Waals surface area contributed by atoms with Crippen molar-refractivity contribution in [3.63, 3.8) is 0 Å². The second-order valence-electron chi connectivity index (χ2n) is 8.84. The van der Waals surface area contributed by atoms with Gasteiger partial charge in [-0.15, -0.1) is 0 Å². The van der Waals surface area contributed by atoms with Crippen molar-refractivity contribution >= 4 is 17.7 Å². The van der Waals surface area contributed by atoms with Crippen LogP contribution < -0.4 is 5.32 Å². The number of rotatable bonds is 6. The molecular weight excluding hydrogens is 376 g/mol. The van der Waals surface area contributed by atoms with Crippen LogP contribution in [-0.2, 0) is 27.3 Å². The Morgan fingerprint density at radius 2 is 1.40 bits per heavy atom. The Morgan fingerprint density at radius 1 is 0.867 bits per heavy atom. The van der Waals surface area contributed by atoms with E-state index in [0.29, 0.717) is 24.8 Å². The quantitative estimate of drug-likeness (QED) is 0.756. The monoisotopic (exact) mass is 402 g/mol. The largest absolute Gasteiger partial charge is 0.350 e. The molecule has 5 rings (SSSR count). The lowest BCUT2D eigenvalue weighted by Crippen LogP contribution is -2.51. The number of hydrogen-bond acceptors (Lipinski definition) is 3. The van der Waals surface area contributed by atoms with E-state index >= 15 is 0 Å². The highest BCUT2D eigenvalue weighted by molar-refractivity contribution is 6.09. The highest BCUT2D eigenvalue weighted by Gasteiger charge is 2.62. The van der Waals surface area contributed by atoms with Gasteiger partial charge in [-0.2, -0.15) is 0 Å². The molecule has 3 amide bonds. The van der Waals surface area contributed by atoms with E-state index in [2.05, 4.69) is 5.32 Å². The number of nitrogens with zero attached hydrogens (tertiary/aromatic N) is 1. The maximum absolute atomic E-state index is 13.3. The van der Waals surface area contributed by atoms with Crippen molar-refractivity contribution in [2.45, 2.75) is 38.3 Å². The van der Waals surface area contributed by atoms with Gasteiger partial charge in [0, 0.05) is 13.0 Å². The van der Waals surface area contributed by atoms with Gasteiger partial charge in [-0.25, -0.2) is 0 Å². The third kappa shape index (κ3) is 3.22. The van der Waals surface area contributed by atoms with Crippen LogP contribution in [0.5, 0.6) is 0 Å². The van der Waals surface area contributed by atoms with E-state index in [-0.39, 0.29) is 29.6 Å². The molecule has 3 fully saturated rings. The lowest BCUT2D eigenvalue weighted by molar-refractivity contribution is -0.148. The minimum absolute atomic E-state index is 0.131. The van der Waals surface area contributed by atoms with Crippen molar-refractivity contribution in [1.82, 2.24) is 10.2 Å². The average molecular weight is 402 g/mol. The normalized spacial score (nSPS) is 27.9. The molecule has 0 unspecified atom stereocenters. The second-order valence-corrected chi connectivity index (χ2v) is 8.84. The molecule has 1 N–H and O–H groups in total. The van der Waals surface area contributed by atoms with Gasteiger partial charge >= 0.3 is 0 Å². The molecule has 2 aliphatic carbocycles. The average Bonchev–Trinajstić information content (AvgIpc) is 3.46. The van der Waals surface area contributed by atoms with Crippen LogP contribution in [0, 0.1) is 23.7 Å². The first-order valence-corrected chi connectivity index (χ1v) is 10.9. The number of carbonyl (C=O) groups is 3. The van der Waals surface area contributed by atoms with Crippen LogP contribution in [0.1, 0.15) is 30.4 Å². The van der Waals surface area contributed by atoms with E-state index in [1.165, 1.54) is 4.90 Å². The first-order chi connectivity index (χ1) is 14.6. The fraction of sp³-hybridized carbons (Fsp3) is 0.400. The molecule has 2 bridgehead atoms. The Morgan fingerprint density at radius 3 is 1.97 bits per heavy atom. The van der Waals surface area contributed by atoms with Crippen LogP contribution in [0.2, 0.25) is 0 Å². The molecule has 2 aromatic rings. The zero-order valence-electron chi connectivity index (χ0n) is 16.9. The van der Waals surface area contributed by atoms with Crippen LogP contribution in [0.4, 0.5) is 0 Å². The van der Waals surface area contributed by atoms with Crippen LogP contribution in [0.15, 0.2) is 60.7 Å². The summed E-state index contributed by atoms with van der Waals surface area (Å²) < 4.78 is 0. The fourth-order valence-corrected chi connectivity index (χ4v) is 5.78. The minimum atomic E-state index is -0.805. The predicted molar refractivity (Wildman–Crippen MR) is 112 cm³/mol. The molecule has 0 aromatic heterocycles. The summed E-state index contributed by atoms with van der Waals surface area (Å²) in [7, 11) is 0. The lowest BCUT2D eigenvalue weighted by Gasteiger charge is -2.27. The van der Waals surface area contributed by atoms with Gasteiger partial charge in [0.25, 0.3) is 0 Å². The van der Waals surface area contributed by atoms with Gasteiger partial charge in [0.2, 0.25) is 17.7 Å². The van der Waals surface area contributed by atoms with Crippen molar-refractivity contribution in [2.75, 3.05) is 0 Å². The topological polar surface area (TPSA) is 66.5 Å². The number of likely N-dealkylation sites (tertiary alicyclic amines) is 1. The van der Waals surface area contributed by atoms with Crippen molar-refractivity contribution in [1.29, 1.82) is 0 Å². The summed E-state index contributed by atoms with van der Waals surface area (Å²) in [6, 6.07) is 18.5. The SMILES string of the molecule is O=C(NCc1ccccc1)[C@@H](Cc1ccccc1)N1C(=O)[C@@H]2[C@H]3CC[C@@H](C3)[C@@H]2C1=O. The van der Waals surface area contributed by atoms with Crippen LogP contribution in [-0.4, -0.2) is 28.7 Å². The van der Waals surface area contributed by atoms with Crippen molar-refractivity contribution in [3.8, 4) is 0 Å². The molecule has 0 radical (unpaired) electrons. The summed E-state index contributed by atoms with van der Waals surface area (Å²) >= 11 is 0. The third-order valence-electron chi connectivity index (χ3n) is 7.16. The highest BCUT2D eigenvalue weighted by Crippen LogP contribution is 2.56. The molecule has 1 aliphatic heterocycles. The zero-order chi connectivity index (χ0) is 20.7. The van der Waals surface area contributed by atoms with E-state index < -0.39 is 6.04 Å². The second kappa shape index (κ2) is 7.71. The molecule has 0 spiro atoms. The number of hydrogen-bond donors (Lipinski definition) is 1. The van der Waals surface area contributed by atoms with Gasteiger partial charge < -0.3 is 5.32 Å². The Bertz CT molecular complexity index is 931. The maximum Gasteiger partial charge on any atom is 0.243 e. The highest BCUT2D eigenvalue weighted by atomic mass is 16.2. The summed E-state index contributed by atoms with van der Waals surface area (Å²) in [6.07, 6.45) is 3.39. The summed E-state index contributed by atoms with van der Waals surface area (Å²) in [4.78, 5) is 41.2. The van der Waals surface area contributed by atoms with Crippen LogP contribution >= 0.6 is 0 Å². The molecule has 3 aliphatic rings. The van der Waals surface area contributed by atoms with Gasteiger partial charge in [0.05, 0.1) is 11.8 Å². The first kappa shape index (κ1) is 19.0. The minimum Gasteiger partial charge on any atom is -0.350 e. The molecule has 5 nitrogen and oxygen atoms in total. The van der Waals surface area contributed by atoms with Crippen molar-refractivity contribution < 1.29 is 14.4 Å². The fourth-order valence-electron chi connectivity index (χ4n) is 5.78. The number of nitrogens with one attached hydrogen (secondary N) is 1. The van der Waals surface area contributed by atoms with Crippen LogP contribution in [0.3, 0.4) is 0 Å². The van der Waals surface area contributed by atoms with Crippen molar-refractivity contribution in [3.05, 3.63) is 71.8 Å². The van der Waals surface area contributed by atoms with E-state index in [1.54, 1.807) is 0 Å². The number of benzene rings is 2. The molecule has 5 heteroatoms. The van der Waals surface area contributed by atoms with Gasteiger partial charge in [0.1, 0.15) is 6.04 Å². The van der Waals surface area contributed by atoms with Crippen LogP contribution in [0.25, 0.3) is 0 Å². The van der Waals surface area contributed by atoms with Gasteiger partial charge in [-0.05, 0) is 42.2 Å². The summed E-state index contributed by atoms with van der Waals surface area (Å²) in [6.45, 7) is 0.374. The molecule has 5 atom stereocenters. The van der Waals surface area contributed by atoms with Gasteiger partial charge in [-0.1, -0.05) is 60.7 Å². The zero-order valence-corrected chi connectivity index (χ0v) is 16.9. The predicted octanol–water partition coefficient (Wildman–Crippen LogP) is 2.95. The lowest BCUT2D eigenvalue weighted by atomic mass is 9.81. The Balaban J connectivity index is 1.40. The molecule has 2 aromatic carbocycles. The standard InChI is InChI=1S/C25H26N2O3/c28-23(26-15-17-9-5-2-6-10-17)20(13-16-7-3-1-4-8-16)27-24(29)21-18-11-12-19(14-18)22(21)25(27)30/h1-10,18-22H,11-15H2,(H,26,28)/t18-,19-,20+,21-,22+/m0/s1.